The molecule has 0 bridgehead atoms. The second kappa shape index (κ2) is 7.28. The molecule has 0 radical (unpaired) electrons. The highest BCUT2D eigenvalue weighted by molar-refractivity contribution is 5.93. The molecule has 1 fully saturated rings. The van der Waals surface area contributed by atoms with Gasteiger partial charge in [0.25, 0.3) is 11.5 Å². The fourth-order valence-corrected chi connectivity index (χ4v) is 3.53. The Labute approximate surface area is 155 Å². The van der Waals surface area contributed by atoms with Gasteiger partial charge in [-0.25, -0.2) is 4.98 Å². The van der Waals surface area contributed by atoms with Crippen molar-refractivity contribution >= 4 is 16.9 Å². The molecule has 3 heterocycles. The fraction of sp³-hybridized carbons (Fsp3) is 0.300. The van der Waals surface area contributed by atoms with Crippen LogP contribution in [0, 0.1) is 5.92 Å². The van der Waals surface area contributed by atoms with Gasteiger partial charge in [0.1, 0.15) is 0 Å². The number of carbonyl (C=O) groups is 1. The van der Waals surface area contributed by atoms with Gasteiger partial charge >= 0.3 is 0 Å². The summed E-state index contributed by atoms with van der Waals surface area (Å²) in [5.74, 6) is -0.334. The first-order valence-electron chi connectivity index (χ1n) is 9.01. The first-order valence-corrected chi connectivity index (χ1v) is 9.01. The molecule has 1 amide bonds. The van der Waals surface area contributed by atoms with Gasteiger partial charge in [0, 0.05) is 19.3 Å². The summed E-state index contributed by atoms with van der Waals surface area (Å²) in [6.45, 7) is 0.947. The maximum atomic E-state index is 12.8. The number of aromatic amines is 1. The molecule has 4 rings (SSSR count). The Morgan fingerprint density at radius 3 is 2.63 bits per heavy atom. The summed E-state index contributed by atoms with van der Waals surface area (Å²) >= 11 is 0. The first-order chi connectivity index (χ1) is 13.1. The topological polar surface area (TPSA) is 99.2 Å². The molecule has 0 unspecified atom stereocenters. The van der Waals surface area contributed by atoms with Gasteiger partial charge in [0.05, 0.1) is 22.8 Å². The summed E-state index contributed by atoms with van der Waals surface area (Å²) < 4.78 is 0. The van der Waals surface area contributed by atoms with E-state index < -0.39 is 11.7 Å². The number of nitrogens with zero attached hydrogens (tertiary/aromatic N) is 3. The molecule has 1 aliphatic rings. The van der Waals surface area contributed by atoms with Crippen LogP contribution in [-0.4, -0.2) is 44.0 Å². The van der Waals surface area contributed by atoms with Crippen LogP contribution in [0.25, 0.3) is 11.0 Å². The molecule has 1 aliphatic heterocycles. The molecule has 0 saturated carbocycles. The normalized spacial score (nSPS) is 16.4. The molecular weight excluding hydrogens is 344 g/mol. The lowest BCUT2D eigenvalue weighted by Gasteiger charge is -2.33. The van der Waals surface area contributed by atoms with E-state index in [2.05, 4.69) is 15.0 Å². The van der Waals surface area contributed by atoms with Crippen LogP contribution < -0.4 is 5.56 Å². The van der Waals surface area contributed by atoms with Crippen LogP contribution >= 0.6 is 0 Å². The van der Waals surface area contributed by atoms with Crippen molar-refractivity contribution in [1.29, 1.82) is 0 Å². The van der Waals surface area contributed by atoms with E-state index in [9.17, 15) is 14.7 Å². The lowest BCUT2D eigenvalue weighted by molar-refractivity contribution is 0.0443. The van der Waals surface area contributed by atoms with Crippen LogP contribution in [-0.2, 0) is 0 Å². The highest BCUT2D eigenvalue weighted by atomic mass is 16.3. The van der Waals surface area contributed by atoms with Crippen LogP contribution in [0.4, 0.5) is 0 Å². The second-order valence-corrected chi connectivity index (χ2v) is 6.76. The molecule has 1 saturated heterocycles. The molecule has 3 aromatic rings. The minimum Gasteiger partial charge on any atom is -0.387 e. The predicted molar refractivity (Wildman–Crippen MR) is 100 cm³/mol. The Hall–Kier alpha value is -3.06. The number of hydrogen-bond donors (Lipinski definition) is 2. The molecule has 27 heavy (non-hydrogen) atoms. The number of aliphatic hydroxyl groups excluding tert-OH is 1. The highest BCUT2D eigenvalue weighted by Crippen LogP contribution is 2.29. The number of pyridine rings is 1. The molecule has 138 valence electrons. The Morgan fingerprint density at radius 2 is 1.89 bits per heavy atom. The maximum absolute atomic E-state index is 12.8. The average Bonchev–Trinajstić information content (AvgIpc) is 2.73. The number of fused-ring (bicyclic) bond motifs is 1. The Morgan fingerprint density at radius 1 is 1.15 bits per heavy atom. The molecule has 0 aliphatic carbocycles. The summed E-state index contributed by atoms with van der Waals surface area (Å²) in [6, 6.07) is 12.6. The van der Waals surface area contributed by atoms with Gasteiger partial charge in [-0.15, -0.1) is 0 Å². The van der Waals surface area contributed by atoms with Crippen molar-refractivity contribution in [2.24, 2.45) is 5.92 Å². The van der Waals surface area contributed by atoms with E-state index in [1.807, 2.05) is 18.2 Å². The number of aliphatic hydroxyl groups is 1. The van der Waals surface area contributed by atoms with Crippen molar-refractivity contribution in [3.05, 3.63) is 70.4 Å². The van der Waals surface area contributed by atoms with E-state index >= 15 is 0 Å². The summed E-state index contributed by atoms with van der Waals surface area (Å²) in [6.07, 6.45) is 2.31. The van der Waals surface area contributed by atoms with Crippen LogP contribution in [0.2, 0.25) is 0 Å². The lowest BCUT2D eigenvalue weighted by Crippen LogP contribution is -2.42. The highest BCUT2D eigenvalue weighted by Gasteiger charge is 2.30. The van der Waals surface area contributed by atoms with Crippen LogP contribution in [0.3, 0.4) is 0 Å². The van der Waals surface area contributed by atoms with E-state index in [0.717, 1.165) is 0 Å². The lowest BCUT2D eigenvalue weighted by atomic mass is 9.89. The van der Waals surface area contributed by atoms with Crippen molar-refractivity contribution < 1.29 is 9.90 Å². The largest absolute Gasteiger partial charge is 0.387 e. The smallest absolute Gasteiger partial charge is 0.280 e. The van der Waals surface area contributed by atoms with Gasteiger partial charge in [-0.05, 0) is 43.0 Å². The summed E-state index contributed by atoms with van der Waals surface area (Å²) in [5, 5.41) is 10.5. The van der Waals surface area contributed by atoms with Crippen LogP contribution in [0.15, 0.2) is 53.5 Å². The van der Waals surface area contributed by atoms with Crippen molar-refractivity contribution in [3.8, 4) is 0 Å². The number of rotatable bonds is 3. The van der Waals surface area contributed by atoms with Crippen molar-refractivity contribution in [2.45, 2.75) is 18.9 Å². The van der Waals surface area contributed by atoms with E-state index in [1.165, 1.54) is 0 Å². The first kappa shape index (κ1) is 17.4. The van der Waals surface area contributed by atoms with Gasteiger partial charge in [-0.1, -0.05) is 18.2 Å². The fourth-order valence-electron chi connectivity index (χ4n) is 3.53. The van der Waals surface area contributed by atoms with E-state index in [-0.39, 0.29) is 17.5 Å². The molecule has 2 aromatic heterocycles. The van der Waals surface area contributed by atoms with Gasteiger partial charge in [0.2, 0.25) is 0 Å². The number of piperidine rings is 1. The molecule has 7 nitrogen and oxygen atoms in total. The zero-order valence-corrected chi connectivity index (χ0v) is 14.7. The van der Waals surface area contributed by atoms with Gasteiger partial charge < -0.3 is 15.0 Å². The van der Waals surface area contributed by atoms with Crippen molar-refractivity contribution in [3.63, 3.8) is 0 Å². The second-order valence-electron chi connectivity index (χ2n) is 6.76. The van der Waals surface area contributed by atoms with E-state index in [0.29, 0.717) is 42.7 Å². The number of aromatic nitrogens is 3. The number of para-hydroxylation sites is 2. The number of likely N-dealkylation sites (tertiary alicyclic amines) is 1. The SMILES string of the molecule is O=C(c1nc2ccccc2[nH]c1=O)N1CCC([C@H](O)c2ccccn2)CC1. The zero-order valence-electron chi connectivity index (χ0n) is 14.7. The molecule has 0 spiro atoms. The average molecular weight is 364 g/mol. The van der Waals surface area contributed by atoms with Crippen LogP contribution in [0.5, 0.6) is 0 Å². The number of H-pyrrole nitrogens is 1. The minimum absolute atomic E-state index is 0.0341. The summed E-state index contributed by atoms with van der Waals surface area (Å²) in [4.78, 5) is 37.9. The van der Waals surface area contributed by atoms with Gasteiger partial charge in [0.15, 0.2) is 5.69 Å². The van der Waals surface area contributed by atoms with Gasteiger partial charge in [-0.3, -0.25) is 14.6 Å². The van der Waals surface area contributed by atoms with Gasteiger partial charge in [-0.2, -0.15) is 0 Å². The summed E-state index contributed by atoms with van der Waals surface area (Å²) in [5.41, 5.74) is 1.28. The van der Waals surface area contributed by atoms with Crippen molar-refractivity contribution in [2.75, 3.05) is 13.1 Å². The maximum Gasteiger partial charge on any atom is 0.280 e. The number of nitrogens with one attached hydrogen (secondary N) is 1. The monoisotopic (exact) mass is 364 g/mol. The summed E-state index contributed by atoms with van der Waals surface area (Å²) in [7, 11) is 0. The predicted octanol–water partition coefficient (Wildman–Crippen LogP) is 1.90. The molecule has 2 N–H and O–H groups in total. The molecule has 1 atom stereocenters. The quantitative estimate of drug-likeness (QED) is 0.739. The Bertz CT molecular complexity index is 1010. The zero-order chi connectivity index (χ0) is 18.8. The van der Waals surface area contributed by atoms with Crippen molar-refractivity contribution in [1.82, 2.24) is 19.9 Å². The molecular formula is C20H20N4O3. The minimum atomic E-state index is -0.648. The number of amides is 1. The number of hydrogen-bond acceptors (Lipinski definition) is 5. The number of carbonyl (C=O) groups excluding carboxylic acids is 1. The number of benzene rings is 1. The van der Waals surface area contributed by atoms with Crippen LogP contribution in [0.1, 0.15) is 35.1 Å². The third kappa shape index (κ3) is 3.46. The Kier molecular flexibility index (Phi) is 4.68. The Balaban J connectivity index is 1.47. The third-order valence-corrected chi connectivity index (χ3v) is 5.07. The van der Waals surface area contributed by atoms with E-state index in [4.69, 9.17) is 0 Å². The third-order valence-electron chi connectivity index (χ3n) is 5.07. The van der Waals surface area contributed by atoms with E-state index in [1.54, 1.807) is 35.4 Å². The molecule has 1 aromatic carbocycles. The standard InChI is InChI=1S/C20H20N4O3/c25-18(16-7-3-4-10-21-16)13-8-11-24(12-9-13)20(27)17-19(26)23-15-6-2-1-5-14(15)22-17/h1-7,10,13,18,25H,8-9,11-12H2,(H,23,26)/t18-/m0/s1. The molecule has 7 heteroatoms.